The lowest BCUT2D eigenvalue weighted by atomic mass is 9.91. The molecule has 6 heteroatoms. The highest BCUT2D eigenvalue weighted by Gasteiger charge is 2.70. The Labute approximate surface area is 194 Å². The van der Waals surface area contributed by atoms with Gasteiger partial charge in [-0.3, -0.25) is 0 Å². The first kappa shape index (κ1) is 20.9. The molecule has 5 atom stereocenters. The highest BCUT2D eigenvalue weighted by atomic mass is 16.3. The molecule has 2 heterocycles. The van der Waals surface area contributed by atoms with E-state index < -0.39 is 12.2 Å². The van der Waals surface area contributed by atoms with Crippen molar-refractivity contribution < 1.29 is 10.2 Å². The lowest BCUT2D eigenvalue weighted by molar-refractivity contribution is -0.0194. The normalized spacial score (nSPS) is 30.8. The van der Waals surface area contributed by atoms with Crippen LogP contribution in [0.5, 0.6) is 0 Å². The minimum atomic E-state index is -0.783. The molecule has 1 aromatic carbocycles. The summed E-state index contributed by atoms with van der Waals surface area (Å²) in [6.45, 7) is 5.70. The minimum Gasteiger partial charge on any atom is -0.390 e. The van der Waals surface area contributed by atoms with Crippen LogP contribution in [-0.4, -0.2) is 44.7 Å². The van der Waals surface area contributed by atoms with Crippen molar-refractivity contribution in [2.24, 2.45) is 16.3 Å². The number of aliphatic hydroxyl groups excluding tert-OH is 2. The van der Waals surface area contributed by atoms with Crippen LogP contribution in [0.1, 0.15) is 49.3 Å². The Morgan fingerprint density at radius 1 is 1.21 bits per heavy atom. The number of aryl methyl sites for hydroxylation is 2. The third kappa shape index (κ3) is 3.30. The Hall–Kier alpha value is -2.70. The Morgan fingerprint density at radius 3 is 2.79 bits per heavy atom. The second-order valence-corrected chi connectivity index (χ2v) is 10.4. The van der Waals surface area contributed by atoms with Gasteiger partial charge in [0.2, 0.25) is 0 Å². The lowest BCUT2D eigenvalue weighted by Crippen LogP contribution is -2.34. The van der Waals surface area contributed by atoms with Crippen molar-refractivity contribution in [2.75, 3.05) is 5.32 Å². The molecule has 3 fully saturated rings. The zero-order valence-corrected chi connectivity index (χ0v) is 19.1. The molecule has 3 saturated carbocycles. The molecule has 0 unspecified atom stereocenters. The molecule has 3 N–H and O–H groups in total. The Balaban J connectivity index is 1.19. The fraction of sp³-hybridized carbons (Fsp3) is 0.481. The van der Waals surface area contributed by atoms with Gasteiger partial charge in [-0.2, -0.15) is 0 Å². The van der Waals surface area contributed by atoms with Crippen LogP contribution in [-0.2, 0) is 6.42 Å². The number of rotatable bonds is 7. The van der Waals surface area contributed by atoms with Gasteiger partial charge in [-0.05, 0) is 93.5 Å². The molecule has 2 aromatic heterocycles. The van der Waals surface area contributed by atoms with Crippen LogP contribution in [0.3, 0.4) is 0 Å². The van der Waals surface area contributed by atoms with Gasteiger partial charge in [0.1, 0.15) is 17.7 Å². The van der Waals surface area contributed by atoms with Crippen LogP contribution in [0.25, 0.3) is 10.9 Å². The van der Waals surface area contributed by atoms with Gasteiger partial charge in [-0.15, -0.1) is 0 Å². The molecule has 172 valence electrons. The van der Waals surface area contributed by atoms with E-state index in [0.717, 1.165) is 47.4 Å². The largest absolute Gasteiger partial charge is 0.390 e. The molecular weight excluding hydrogens is 412 g/mol. The molecule has 3 aliphatic rings. The van der Waals surface area contributed by atoms with Crippen LogP contribution >= 0.6 is 0 Å². The summed E-state index contributed by atoms with van der Waals surface area (Å²) >= 11 is 0. The Bertz CT molecular complexity index is 1220. The molecular formula is C27H32N4O2. The van der Waals surface area contributed by atoms with E-state index in [2.05, 4.69) is 47.4 Å². The molecule has 3 aliphatic carbocycles. The van der Waals surface area contributed by atoms with Crippen molar-refractivity contribution in [1.82, 2.24) is 9.55 Å². The van der Waals surface area contributed by atoms with E-state index in [0.29, 0.717) is 6.04 Å². The number of aromatic nitrogens is 2. The van der Waals surface area contributed by atoms with Crippen molar-refractivity contribution in [1.29, 1.82) is 0 Å². The van der Waals surface area contributed by atoms with E-state index in [4.69, 9.17) is 4.98 Å². The zero-order valence-electron chi connectivity index (χ0n) is 19.1. The number of hydrogen-bond donors (Lipinski definition) is 3. The number of aliphatic imine (C=N–C) groups is 1. The molecule has 6 rings (SSSR count). The monoisotopic (exact) mass is 444 g/mol. The van der Waals surface area contributed by atoms with Gasteiger partial charge in [-0.25, -0.2) is 9.98 Å². The Morgan fingerprint density at radius 2 is 2.03 bits per heavy atom. The number of benzene rings is 1. The number of fused-ring (bicyclic) bond motifs is 2. The highest BCUT2D eigenvalue weighted by Crippen LogP contribution is 2.70. The topological polar surface area (TPSA) is 82.7 Å². The molecule has 3 aromatic rings. The van der Waals surface area contributed by atoms with Gasteiger partial charge in [0.05, 0.1) is 17.7 Å². The van der Waals surface area contributed by atoms with Crippen LogP contribution in [0, 0.1) is 18.3 Å². The summed E-state index contributed by atoms with van der Waals surface area (Å²) in [7, 11) is 0. The molecule has 0 aliphatic heterocycles. The van der Waals surface area contributed by atoms with Gasteiger partial charge >= 0.3 is 0 Å². The van der Waals surface area contributed by atoms with Crippen molar-refractivity contribution in [3.63, 3.8) is 0 Å². The number of aliphatic hydroxyl groups is 2. The Kier molecular flexibility index (Phi) is 4.85. The second-order valence-electron chi connectivity index (χ2n) is 10.4. The lowest BCUT2D eigenvalue weighted by Gasteiger charge is -2.27. The van der Waals surface area contributed by atoms with Crippen molar-refractivity contribution in [3.8, 4) is 0 Å². The standard InChI is InChI=1S/C27H32N4O2/c1-16-11-13-31(26(16)28-2)23-20-15-27(20,25(33)24(23)32)12-10-17-6-7-18-8-9-22(30-21(18)14-17)29-19-4-3-5-19/h6-9,11,13-14,19-20,23-25,32-33H,2-5,10,12,15H2,1H3,(H,29,30)/t20-,23-,24+,25+,27+/m1/s1. The maximum absolute atomic E-state index is 11.0. The number of hydrogen-bond acceptors (Lipinski definition) is 5. The number of pyridine rings is 1. The summed E-state index contributed by atoms with van der Waals surface area (Å²) in [5.41, 5.74) is 3.05. The predicted octanol–water partition coefficient (Wildman–Crippen LogP) is 4.56. The minimum absolute atomic E-state index is 0.146. The van der Waals surface area contributed by atoms with Gasteiger partial charge in [0.15, 0.2) is 0 Å². The van der Waals surface area contributed by atoms with Crippen LogP contribution in [0.4, 0.5) is 11.6 Å². The number of nitrogens with one attached hydrogen (secondary N) is 1. The molecule has 0 radical (unpaired) electrons. The first-order valence-electron chi connectivity index (χ1n) is 12.2. The summed E-state index contributed by atoms with van der Waals surface area (Å²) in [6, 6.07) is 13.1. The quantitative estimate of drug-likeness (QED) is 0.467. The SMILES string of the molecule is C=Nc1c(C)ccn1[C@H]1[C@H](O)[C@H](O)[C@@]2(CCc3ccc4ccc(NC5CCC5)nc4c3)C[C@H]12. The van der Waals surface area contributed by atoms with E-state index in [-0.39, 0.29) is 17.4 Å². The maximum Gasteiger partial charge on any atom is 0.135 e. The fourth-order valence-electron chi connectivity index (χ4n) is 6.24. The molecule has 0 bridgehead atoms. The number of anilines is 1. The average molecular weight is 445 g/mol. The van der Waals surface area contributed by atoms with Crippen molar-refractivity contribution in [3.05, 3.63) is 53.7 Å². The fourth-order valence-corrected chi connectivity index (χ4v) is 6.24. The van der Waals surface area contributed by atoms with Crippen LogP contribution in [0.2, 0.25) is 0 Å². The summed E-state index contributed by atoms with van der Waals surface area (Å²) in [6.07, 6.45) is 6.88. The first-order chi connectivity index (χ1) is 16.0. The van der Waals surface area contributed by atoms with Gasteiger partial charge in [0, 0.05) is 23.0 Å². The molecule has 0 saturated heterocycles. The van der Waals surface area contributed by atoms with E-state index in [1.54, 1.807) is 0 Å². The second kappa shape index (κ2) is 7.67. The van der Waals surface area contributed by atoms with E-state index >= 15 is 0 Å². The summed E-state index contributed by atoms with van der Waals surface area (Å²) in [4.78, 5) is 9.02. The smallest absolute Gasteiger partial charge is 0.135 e. The first-order valence-corrected chi connectivity index (χ1v) is 12.2. The third-order valence-electron chi connectivity index (χ3n) is 8.50. The highest BCUT2D eigenvalue weighted by molar-refractivity contribution is 5.81. The van der Waals surface area contributed by atoms with E-state index in [1.165, 1.54) is 24.8 Å². The maximum atomic E-state index is 11.0. The van der Waals surface area contributed by atoms with Crippen LogP contribution in [0.15, 0.2) is 47.6 Å². The summed E-state index contributed by atoms with van der Waals surface area (Å²) < 4.78 is 2.02. The third-order valence-corrected chi connectivity index (χ3v) is 8.50. The number of nitrogens with zero attached hydrogens (tertiary/aromatic N) is 3. The average Bonchev–Trinajstić information content (AvgIpc) is 3.34. The van der Waals surface area contributed by atoms with E-state index in [1.807, 2.05) is 23.8 Å². The van der Waals surface area contributed by atoms with E-state index in [9.17, 15) is 10.2 Å². The molecule has 6 nitrogen and oxygen atoms in total. The van der Waals surface area contributed by atoms with Crippen molar-refractivity contribution in [2.45, 2.75) is 69.7 Å². The van der Waals surface area contributed by atoms with Crippen molar-refractivity contribution >= 4 is 29.3 Å². The van der Waals surface area contributed by atoms with Crippen LogP contribution < -0.4 is 5.32 Å². The zero-order chi connectivity index (χ0) is 22.7. The molecule has 0 amide bonds. The molecule has 33 heavy (non-hydrogen) atoms. The van der Waals surface area contributed by atoms with Gasteiger partial charge in [0.25, 0.3) is 0 Å². The summed E-state index contributed by atoms with van der Waals surface area (Å²) in [5, 5.41) is 26.6. The molecule has 0 spiro atoms. The van der Waals surface area contributed by atoms with Gasteiger partial charge in [-0.1, -0.05) is 12.1 Å². The predicted molar refractivity (Wildman–Crippen MR) is 131 cm³/mol. The van der Waals surface area contributed by atoms with Gasteiger partial charge < -0.3 is 20.1 Å². The summed E-state index contributed by atoms with van der Waals surface area (Å²) in [5.74, 6) is 2.00.